The molecule has 1 nitrogen and oxygen atoms in total. The summed E-state index contributed by atoms with van der Waals surface area (Å²) >= 11 is 0. The van der Waals surface area contributed by atoms with Crippen LogP contribution in [0.3, 0.4) is 0 Å². The van der Waals surface area contributed by atoms with Crippen LogP contribution in [0, 0.1) is 11.8 Å². The first kappa shape index (κ1) is 15.2. The summed E-state index contributed by atoms with van der Waals surface area (Å²) in [6.45, 7) is 4.88. The summed E-state index contributed by atoms with van der Waals surface area (Å²) < 4.78 is 0. The fraction of sp³-hybridized carbons (Fsp3) is 0.647. The Bertz CT molecular complexity index is 294. The van der Waals surface area contributed by atoms with Gasteiger partial charge in [0.15, 0.2) is 0 Å². The molecule has 1 N–H and O–H groups in total. The van der Waals surface area contributed by atoms with Gasteiger partial charge in [0, 0.05) is 6.61 Å². The molecule has 0 heterocycles. The highest BCUT2D eigenvalue weighted by Crippen LogP contribution is 2.27. The number of aliphatic hydroxyl groups excluding tert-OH is 1. The van der Waals surface area contributed by atoms with Gasteiger partial charge in [-0.25, -0.2) is 0 Å². The normalized spacial score (nSPS) is 14.4. The Morgan fingerprint density at radius 3 is 2.11 bits per heavy atom. The smallest absolute Gasteiger partial charge is 0.0433 e. The molecule has 1 aromatic rings. The van der Waals surface area contributed by atoms with Crippen molar-refractivity contribution in [3.63, 3.8) is 0 Å². The van der Waals surface area contributed by atoms with Crippen molar-refractivity contribution in [3.8, 4) is 0 Å². The van der Waals surface area contributed by atoms with Crippen molar-refractivity contribution in [3.05, 3.63) is 35.9 Å². The molecular weight excluding hydrogens is 220 g/mol. The predicted octanol–water partition coefficient (Wildman–Crippen LogP) is 4.44. The van der Waals surface area contributed by atoms with Crippen molar-refractivity contribution in [2.75, 3.05) is 6.61 Å². The molecule has 18 heavy (non-hydrogen) atoms. The number of hydrogen-bond acceptors (Lipinski definition) is 1. The number of aryl methyl sites for hydroxylation is 1. The molecule has 1 aromatic carbocycles. The minimum atomic E-state index is 0.341. The third-order valence-electron chi connectivity index (χ3n) is 4.10. The van der Waals surface area contributed by atoms with Crippen LogP contribution in [0.4, 0.5) is 0 Å². The maximum absolute atomic E-state index is 9.12. The molecule has 1 heteroatoms. The number of benzene rings is 1. The van der Waals surface area contributed by atoms with E-state index in [1.807, 2.05) is 0 Å². The quantitative estimate of drug-likeness (QED) is 0.685. The standard InChI is InChI=1S/C17H28O/c1-3-16(17(4-2)13-14-18)12-8-11-15-9-6-5-7-10-15/h5-7,9-10,16-18H,3-4,8,11-14H2,1-2H3. The topological polar surface area (TPSA) is 20.2 Å². The first-order valence-corrected chi connectivity index (χ1v) is 7.46. The molecule has 1 rings (SSSR count). The number of hydrogen-bond donors (Lipinski definition) is 1. The fourth-order valence-electron chi connectivity index (χ4n) is 2.93. The van der Waals surface area contributed by atoms with Crippen LogP contribution in [0.2, 0.25) is 0 Å². The molecule has 2 atom stereocenters. The van der Waals surface area contributed by atoms with Crippen LogP contribution in [0.15, 0.2) is 30.3 Å². The van der Waals surface area contributed by atoms with Crippen molar-refractivity contribution >= 4 is 0 Å². The Hall–Kier alpha value is -0.820. The van der Waals surface area contributed by atoms with Gasteiger partial charge in [-0.2, -0.15) is 0 Å². The van der Waals surface area contributed by atoms with Crippen molar-refractivity contribution in [2.24, 2.45) is 11.8 Å². The zero-order chi connectivity index (χ0) is 13.2. The average Bonchev–Trinajstić information content (AvgIpc) is 2.43. The van der Waals surface area contributed by atoms with Crippen LogP contribution in [0.1, 0.15) is 51.5 Å². The molecule has 0 bridgehead atoms. The van der Waals surface area contributed by atoms with Gasteiger partial charge in [0.25, 0.3) is 0 Å². The highest BCUT2D eigenvalue weighted by Gasteiger charge is 2.17. The van der Waals surface area contributed by atoms with Crippen molar-refractivity contribution in [2.45, 2.75) is 52.4 Å². The molecule has 0 radical (unpaired) electrons. The molecule has 2 unspecified atom stereocenters. The molecule has 0 aliphatic heterocycles. The molecule has 0 saturated heterocycles. The zero-order valence-electron chi connectivity index (χ0n) is 11.9. The van der Waals surface area contributed by atoms with Gasteiger partial charge in [-0.05, 0) is 43.1 Å². The average molecular weight is 248 g/mol. The van der Waals surface area contributed by atoms with E-state index in [9.17, 15) is 0 Å². The second-order valence-electron chi connectivity index (χ2n) is 5.23. The molecule has 0 amide bonds. The minimum absolute atomic E-state index is 0.341. The summed E-state index contributed by atoms with van der Waals surface area (Å²) in [5.74, 6) is 1.49. The van der Waals surface area contributed by atoms with Gasteiger partial charge in [0.2, 0.25) is 0 Å². The van der Waals surface area contributed by atoms with E-state index >= 15 is 0 Å². The molecule has 0 spiro atoms. The Balaban J connectivity index is 2.35. The summed E-state index contributed by atoms with van der Waals surface area (Å²) in [5, 5.41) is 9.12. The SMILES string of the molecule is CCC(CCO)C(CC)CCCc1ccccc1. The van der Waals surface area contributed by atoms with Gasteiger partial charge in [-0.15, -0.1) is 0 Å². The van der Waals surface area contributed by atoms with Crippen LogP contribution < -0.4 is 0 Å². The van der Waals surface area contributed by atoms with Gasteiger partial charge >= 0.3 is 0 Å². The third-order valence-corrected chi connectivity index (χ3v) is 4.10. The lowest BCUT2D eigenvalue weighted by atomic mass is 9.82. The zero-order valence-corrected chi connectivity index (χ0v) is 11.9. The number of rotatable bonds is 9. The maximum atomic E-state index is 9.12. The Labute approximate surface area is 112 Å². The van der Waals surface area contributed by atoms with Crippen molar-refractivity contribution < 1.29 is 5.11 Å². The molecule has 0 aliphatic rings. The summed E-state index contributed by atoms with van der Waals surface area (Å²) in [6, 6.07) is 10.7. The van der Waals surface area contributed by atoms with Crippen LogP contribution in [0.5, 0.6) is 0 Å². The van der Waals surface area contributed by atoms with Crippen molar-refractivity contribution in [1.82, 2.24) is 0 Å². The largest absolute Gasteiger partial charge is 0.396 e. The van der Waals surface area contributed by atoms with E-state index in [0.717, 1.165) is 12.3 Å². The Morgan fingerprint density at radius 1 is 0.944 bits per heavy atom. The predicted molar refractivity (Wildman–Crippen MR) is 78.6 cm³/mol. The van der Waals surface area contributed by atoms with Gasteiger partial charge in [0.05, 0.1) is 0 Å². The van der Waals surface area contributed by atoms with Crippen LogP contribution in [-0.4, -0.2) is 11.7 Å². The van der Waals surface area contributed by atoms with Crippen LogP contribution in [0.25, 0.3) is 0 Å². The fourth-order valence-corrected chi connectivity index (χ4v) is 2.93. The molecular formula is C17H28O. The van der Waals surface area contributed by atoms with Crippen LogP contribution >= 0.6 is 0 Å². The van der Waals surface area contributed by atoms with Gasteiger partial charge in [-0.3, -0.25) is 0 Å². The number of aliphatic hydroxyl groups is 1. The monoisotopic (exact) mass is 248 g/mol. The summed E-state index contributed by atoms with van der Waals surface area (Å²) in [7, 11) is 0. The van der Waals surface area contributed by atoms with E-state index < -0.39 is 0 Å². The van der Waals surface area contributed by atoms with Gasteiger partial charge in [0.1, 0.15) is 0 Å². The first-order valence-electron chi connectivity index (χ1n) is 7.46. The molecule has 102 valence electrons. The van der Waals surface area contributed by atoms with E-state index in [1.165, 1.54) is 37.7 Å². The molecule has 0 saturated carbocycles. The van der Waals surface area contributed by atoms with E-state index in [1.54, 1.807) is 0 Å². The second-order valence-corrected chi connectivity index (χ2v) is 5.23. The third kappa shape index (κ3) is 5.22. The first-order chi connectivity index (χ1) is 8.81. The lowest BCUT2D eigenvalue weighted by Crippen LogP contribution is -2.15. The second kappa shape index (κ2) is 9.16. The Kier molecular flexibility index (Phi) is 7.75. The van der Waals surface area contributed by atoms with Crippen molar-refractivity contribution in [1.29, 1.82) is 0 Å². The molecule has 0 aromatic heterocycles. The minimum Gasteiger partial charge on any atom is -0.396 e. The molecule has 0 aliphatic carbocycles. The highest BCUT2D eigenvalue weighted by atomic mass is 16.3. The maximum Gasteiger partial charge on any atom is 0.0433 e. The summed E-state index contributed by atoms with van der Waals surface area (Å²) in [4.78, 5) is 0. The molecule has 0 fully saturated rings. The lowest BCUT2D eigenvalue weighted by Gasteiger charge is -2.24. The summed E-state index contributed by atoms with van der Waals surface area (Å²) in [5.41, 5.74) is 1.45. The lowest BCUT2D eigenvalue weighted by molar-refractivity contribution is 0.202. The van der Waals surface area contributed by atoms with Gasteiger partial charge in [-0.1, -0.05) is 57.0 Å². The Morgan fingerprint density at radius 2 is 1.56 bits per heavy atom. The van der Waals surface area contributed by atoms with E-state index in [2.05, 4.69) is 44.2 Å². The van der Waals surface area contributed by atoms with Crippen LogP contribution in [-0.2, 0) is 6.42 Å². The van der Waals surface area contributed by atoms with E-state index in [0.29, 0.717) is 12.5 Å². The van der Waals surface area contributed by atoms with E-state index in [4.69, 9.17) is 5.11 Å². The van der Waals surface area contributed by atoms with Gasteiger partial charge < -0.3 is 5.11 Å². The summed E-state index contributed by atoms with van der Waals surface area (Å²) in [6.07, 6.45) is 7.17. The van der Waals surface area contributed by atoms with E-state index in [-0.39, 0.29) is 0 Å². The highest BCUT2D eigenvalue weighted by molar-refractivity contribution is 5.14.